The molecule has 1 aliphatic heterocycles. The normalized spacial score (nSPS) is 19.1. The fraction of sp³-hybridized carbons (Fsp3) is 0.333. The number of nitrogens with zero attached hydrogens (tertiary/aromatic N) is 2. The van der Waals surface area contributed by atoms with Crippen LogP contribution in [-0.4, -0.2) is 26.6 Å². The van der Waals surface area contributed by atoms with Crippen molar-refractivity contribution in [3.63, 3.8) is 0 Å². The number of anilines is 1. The molecule has 1 unspecified atom stereocenters. The number of benzene rings is 1. The van der Waals surface area contributed by atoms with E-state index in [1.165, 1.54) is 17.0 Å². The van der Waals surface area contributed by atoms with Crippen molar-refractivity contribution in [1.82, 2.24) is 0 Å². The zero-order chi connectivity index (χ0) is 14.9. The Morgan fingerprint density at radius 2 is 2.20 bits per heavy atom. The molecule has 0 N–H and O–H groups in total. The molecule has 1 amide bonds. The van der Waals surface area contributed by atoms with Crippen molar-refractivity contribution >= 4 is 33.4 Å². The predicted octanol–water partition coefficient (Wildman–Crippen LogP) is 1.86. The minimum Gasteiger partial charge on any atom is -0.312 e. The standard InChI is InChI=1S/C12H10ClFN2O3S/c13-11-2-1-10(4-9(11)5-15)16-6-8(3-12(16)17)7-20(14,18)19/h1-2,4,8H,3,6-7H2. The van der Waals surface area contributed by atoms with Crippen molar-refractivity contribution in [3.05, 3.63) is 28.8 Å². The van der Waals surface area contributed by atoms with Gasteiger partial charge in [0.05, 0.1) is 16.3 Å². The molecule has 2 rings (SSSR count). The van der Waals surface area contributed by atoms with Gasteiger partial charge < -0.3 is 4.90 Å². The molecule has 1 atom stereocenters. The Morgan fingerprint density at radius 1 is 1.50 bits per heavy atom. The van der Waals surface area contributed by atoms with Crippen LogP contribution >= 0.6 is 11.6 Å². The number of rotatable bonds is 3. The van der Waals surface area contributed by atoms with Crippen molar-refractivity contribution in [3.8, 4) is 6.07 Å². The van der Waals surface area contributed by atoms with Gasteiger partial charge in [-0.05, 0) is 18.2 Å². The maximum Gasteiger partial charge on any atom is 0.302 e. The summed E-state index contributed by atoms with van der Waals surface area (Å²) in [6.07, 6.45) is -0.0341. The molecule has 0 aliphatic carbocycles. The van der Waals surface area contributed by atoms with Crippen molar-refractivity contribution in [2.75, 3.05) is 17.2 Å². The van der Waals surface area contributed by atoms with E-state index in [4.69, 9.17) is 16.9 Å². The molecule has 1 heterocycles. The van der Waals surface area contributed by atoms with Gasteiger partial charge in [0.1, 0.15) is 6.07 Å². The Labute approximate surface area is 120 Å². The summed E-state index contributed by atoms with van der Waals surface area (Å²) in [5.41, 5.74) is 0.674. The third-order valence-corrected chi connectivity index (χ3v) is 4.22. The molecule has 5 nitrogen and oxygen atoms in total. The van der Waals surface area contributed by atoms with Gasteiger partial charge in [-0.15, -0.1) is 3.89 Å². The van der Waals surface area contributed by atoms with Gasteiger partial charge in [-0.2, -0.15) is 13.7 Å². The summed E-state index contributed by atoms with van der Waals surface area (Å²) in [5.74, 6) is -1.56. The van der Waals surface area contributed by atoms with Gasteiger partial charge in [0.25, 0.3) is 0 Å². The first-order valence-corrected chi connectivity index (χ1v) is 7.65. The first kappa shape index (κ1) is 14.8. The Morgan fingerprint density at radius 3 is 2.80 bits per heavy atom. The zero-order valence-corrected chi connectivity index (χ0v) is 11.8. The molecule has 0 spiro atoms. The van der Waals surface area contributed by atoms with Crippen molar-refractivity contribution in [2.45, 2.75) is 6.42 Å². The molecule has 0 aromatic heterocycles. The second kappa shape index (κ2) is 5.38. The van der Waals surface area contributed by atoms with Crippen molar-refractivity contribution in [2.24, 2.45) is 5.92 Å². The average molecular weight is 317 g/mol. The monoisotopic (exact) mass is 316 g/mol. The minimum absolute atomic E-state index is 0.0341. The summed E-state index contributed by atoms with van der Waals surface area (Å²) in [6.45, 7) is 0.106. The van der Waals surface area contributed by atoms with Gasteiger partial charge in [0, 0.05) is 24.6 Å². The lowest BCUT2D eigenvalue weighted by Gasteiger charge is -2.17. The van der Waals surface area contributed by atoms with Crippen LogP contribution in [0.25, 0.3) is 0 Å². The molecule has 1 aromatic rings. The number of amides is 1. The summed E-state index contributed by atoms with van der Waals surface area (Å²) in [5, 5.41) is 9.16. The lowest BCUT2D eigenvalue weighted by molar-refractivity contribution is -0.117. The van der Waals surface area contributed by atoms with E-state index >= 15 is 0 Å². The molecule has 1 aromatic carbocycles. The van der Waals surface area contributed by atoms with Crippen molar-refractivity contribution in [1.29, 1.82) is 5.26 Å². The average Bonchev–Trinajstić information content (AvgIpc) is 2.68. The molecule has 8 heteroatoms. The largest absolute Gasteiger partial charge is 0.312 e. The van der Waals surface area contributed by atoms with Gasteiger partial charge in [0.15, 0.2) is 0 Å². The number of hydrogen-bond acceptors (Lipinski definition) is 4. The first-order chi connectivity index (χ1) is 9.30. The molecule has 1 aliphatic rings. The Balaban J connectivity index is 2.22. The van der Waals surface area contributed by atoms with Crippen LogP contribution in [0, 0.1) is 17.2 Å². The number of carbonyl (C=O) groups is 1. The van der Waals surface area contributed by atoms with E-state index in [-0.39, 0.29) is 29.5 Å². The quantitative estimate of drug-likeness (QED) is 0.797. The molecule has 0 saturated carbocycles. The lowest BCUT2D eigenvalue weighted by Crippen LogP contribution is -2.25. The maximum atomic E-state index is 12.7. The highest BCUT2D eigenvalue weighted by molar-refractivity contribution is 7.86. The van der Waals surface area contributed by atoms with Gasteiger partial charge in [-0.1, -0.05) is 11.6 Å². The van der Waals surface area contributed by atoms with Gasteiger partial charge in [-0.25, -0.2) is 0 Å². The highest BCUT2D eigenvalue weighted by atomic mass is 35.5. The van der Waals surface area contributed by atoms with Crippen LogP contribution in [0.2, 0.25) is 5.02 Å². The Hall–Kier alpha value is -1.65. The number of nitriles is 1. The summed E-state index contributed by atoms with van der Waals surface area (Å²) < 4.78 is 33.9. The highest BCUT2D eigenvalue weighted by Crippen LogP contribution is 2.29. The molecular formula is C12H10ClFN2O3S. The summed E-state index contributed by atoms with van der Waals surface area (Å²) in [6, 6.07) is 6.40. The first-order valence-electron chi connectivity index (χ1n) is 5.72. The van der Waals surface area contributed by atoms with E-state index in [0.717, 1.165) is 0 Å². The Kier molecular flexibility index (Phi) is 3.97. The lowest BCUT2D eigenvalue weighted by atomic mass is 10.1. The van der Waals surface area contributed by atoms with E-state index in [1.54, 1.807) is 6.07 Å². The number of halogens is 2. The highest BCUT2D eigenvalue weighted by Gasteiger charge is 2.33. The van der Waals surface area contributed by atoms with Crippen molar-refractivity contribution < 1.29 is 17.1 Å². The molecule has 20 heavy (non-hydrogen) atoms. The molecule has 0 radical (unpaired) electrons. The molecule has 1 saturated heterocycles. The number of hydrogen-bond donors (Lipinski definition) is 0. The second-order valence-corrected chi connectivity index (χ2v) is 6.37. The van der Waals surface area contributed by atoms with Crippen LogP contribution in [0.4, 0.5) is 9.57 Å². The van der Waals surface area contributed by atoms with Gasteiger partial charge in [-0.3, -0.25) is 4.79 Å². The van der Waals surface area contributed by atoms with E-state index in [0.29, 0.717) is 5.69 Å². The maximum absolute atomic E-state index is 12.7. The fourth-order valence-corrected chi connectivity index (χ4v) is 3.14. The van der Waals surface area contributed by atoms with E-state index in [2.05, 4.69) is 0 Å². The minimum atomic E-state index is -4.61. The fourth-order valence-electron chi connectivity index (χ4n) is 2.19. The van der Waals surface area contributed by atoms with E-state index < -0.39 is 21.9 Å². The Bertz CT molecular complexity index is 699. The summed E-state index contributed by atoms with van der Waals surface area (Å²) >= 11 is 5.80. The van der Waals surface area contributed by atoms with Crippen LogP contribution in [0.1, 0.15) is 12.0 Å². The van der Waals surface area contributed by atoms with Crippen LogP contribution in [0.15, 0.2) is 18.2 Å². The molecule has 106 valence electrons. The van der Waals surface area contributed by atoms with E-state index in [1.807, 2.05) is 6.07 Å². The molecule has 1 fully saturated rings. The number of carbonyl (C=O) groups excluding carboxylic acids is 1. The third kappa shape index (κ3) is 3.26. The second-order valence-electron chi connectivity index (χ2n) is 4.56. The molecular weight excluding hydrogens is 307 g/mol. The van der Waals surface area contributed by atoms with E-state index in [9.17, 15) is 17.1 Å². The summed E-state index contributed by atoms with van der Waals surface area (Å²) in [7, 11) is -4.61. The van der Waals surface area contributed by atoms with Gasteiger partial charge in [0.2, 0.25) is 5.91 Å². The molecule has 0 bridgehead atoms. The van der Waals surface area contributed by atoms with Crippen LogP contribution in [0.3, 0.4) is 0 Å². The predicted molar refractivity (Wildman–Crippen MR) is 71.5 cm³/mol. The van der Waals surface area contributed by atoms with Crippen LogP contribution in [0.5, 0.6) is 0 Å². The van der Waals surface area contributed by atoms with Crippen LogP contribution in [-0.2, 0) is 15.0 Å². The van der Waals surface area contributed by atoms with Gasteiger partial charge >= 0.3 is 10.2 Å². The smallest absolute Gasteiger partial charge is 0.302 e. The topological polar surface area (TPSA) is 78.2 Å². The zero-order valence-electron chi connectivity index (χ0n) is 10.2. The third-order valence-electron chi connectivity index (χ3n) is 3.02. The van der Waals surface area contributed by atoms with Crippen LogP contribution < -0.4 is 4.90 Å². The summed E-state index contributed by atoms with van der Waals surface area (Å²) in [4.78, 5) is 13.2. The SMILES string of the molecule is N#Cc1cc(N2CC(CS(=O)(=O)F)CC2=O)ccc1Cl.